The fourth-order valence-electron chi connectivity index (χ4n) is 4.40. The summed E-state index contributed by atoms with van der Waals surface area (Å²) in [6, 6.07) is 18.4. The Morgan fingerprint density at radius 1 is 1.10 bits per heavy atom. The molecule has 1 aliphatic rings. The first-order chi connectivity index (χ1) is 13.9. The molecule has 2 aromatic rings. The van der Waals surface area contributed by atoms with E-state index in [1.165, 1.54) is 5.56 Å². The second-order valence-corrected chi connectivity index (χ2v) is 8.35. The predicted molar refractivity (Wildman–Crippen MR) is 120 cm³/mol. The third-order valence-corrected chi connectivity index (χ3v) is 6.60. The monoisotopic (exact) mass is 394 g/mol. The highest BCUT2D eigenvalue weighted by Gasteiger charge is 2.40. The fourth-order valence-corrected chi connectivity index (χ4v) is 4.40. The summed E-state index contributed by atoms with van der Waals surface area (Å²) in [5.74, 6) is 0.177. The molecule has 1 fully saturated rings. The van der Waals surface area contributed by atoms with Gasteiger partial charge < -0.3 is 9.64 Å². The zero-order chi connectivity index (χ0) is 21.1. The number of anilines is 1. The fraction of sp³-hybridized carbons (Fsp3) is 0.480. The predicted octanol–water partition coefficient (Wildman–Crippen LogP) is 4.79. The molecule has 1 aliphatic heterocycles. The Labute approximate surface area is 175 Å². The Kier molecular flexibility index (Phi) is 6.45. The van der Waals surface area contributed by atoms with Crippen molar-refractivity contribution in [3.05, 3.63) is 65.7 Å². The summed E-state index contributed by atoms with van der Waals surface area (Å²) in [6.07, 6.45) is 2.37. The lowest BCUT2D eigenvalue weighted by atomic mass is 9.80. The van der Waals surface area contributed by atoms with Crippen LogP contribution in [0.3, 0.4) is 0 Å². The van der Waals surface area contributed by atoms with Gasteiger partial charge in [0.15, 0.2) is 5.78 Å². The van der Waals surface area contributed by atoms with Crippen LogP contribution in [0.5, 0.6) is 0 Å². The number of hydrogen-bond donors (Lipinski definition) is 0. The smallest absolute Gasteiger partial charge is 0.183 e. The summed E-state index contributed by atoms with van der Waals surface area (Å²) >= 11 is 0. The molecular formula is C25H34N2O2. The molecule has 0 aromatic heterocycles. The van der Waals surface area contributed by atoms with Crippen LogP contribution < -0.4 is 4.90 Å². The molecule has 1 heterocycles. The van der Waals surface area contributed by atoms with E-state index < -0.39 is 5.54 Å². The zero-order valence-electron chi connectivity index (χ0n) is 18.4. The summed E-state index contributed by atoms with van der Waals surface area (Å²) in [6.45, 7) is 7.99. The molecule has 2 aromatic carbocycles. The molecule has 29 heavy (non-hydrogen) atoms. The quantitative estimate of drug-likeness (QED) is 0.603. The summed E-state index contributed by atoms with van der Waals surface area (Å²) in [7, 11) is 4.01. The molecular weight excluding hydrogens is 360 g/mol. The maximum atomic E-state index is 13.7. The molecule has 4 nitrogen and oxygen atoms in total. The molecule has 0 N–H and O–H groups in total. The van der Waals surface area contributed by atoms with E-state index in [1.807, 2.05) is 44.4 Å². The van der Waals surface area contributed by atoms with E-state index in [4.69, 9.17) is 4.74 Å². The number of benzene rings is 2. The van der Waals surface area contributed by atoms with Gasteiger partial charge in [-0.15, -0.1) is 0 Å². The topological polar surface area (TPSA) is 32.8 Å². The number of carbonyl (C=O) groups excluding carboxylic acids is 1. The van der Waals surface area contributed by atoms with Crippen molar-refractivity contribution in [3.63, 3.8) is 0 Å². The third kappa shape index (κ3) is 4.10. The van der Waals surface area contributed by atoms with E-state index in [0.29, 0.717) is 6.42 Å². The lowest BCUT2D eigenvalue weighted by Gasteiger charge is -2.38. The first kappa shape index (κ1) is 21.5. The maximum Gasteiger partial charge on any atom is 0.183 e. The minimum Gasteiger partial charge on any atom is -0.354 e. The van der Waals surface area contributed by atoms with E-state index in [9.17, 15) is 4.79 Å². The zero-order valence-corrected chi connectivity index (χ0v) is 18.4. The van der Waals surface area contributed by atoms with E-state index in [2.05, 4.69) is 54.8 Å². The number of carbonyl (C=O) groups is 1. The standard InChI is InChI=1S/C25H34N2O2/c1-6-24(3)27(17-18-29-24)22-15-13-21(14-16-22)23(28)25(7-2,26(4)5)19-20-11-9-8-10-12-20/h8-16H,6-7,17-19H2,1-5H3. The summed E-state index contributed by atoms with van der Waals surface area (Å²) in [5.41, 5.74) is 2.23. The van der Waals surface area contributed by atoms with E-state index >= 15 is 0 Å². The molecule has 1 saturated heterocycles. The van der Waals surface area contributed by atoms with Crippen LogP contribution in [0.1, 0.15) is 49.5 Å². The summed E-state index contributed by atoms with van der Waals surface area (Å²) in [4.78, 5) is 18.1. The molecule has 0 aliphatic carbocycles. The Balaban J connectivity index is 1.88. The SMILES string of the molecule is CCC1(C)OCCN1c1ccc(C(=O)C(CC)(Cc2ccccc2)N(C)C)cc1. The van der Waals surface area contributed by atoms with Gasteiger partial charge in [-0.3, -0.25) is 9.69 Å². The lowest BCUT2D eigenvalue weighted by molar-refractivity contribution is 0.0190. The highest BCUT2D eigenvalue weighted by molar-refractivity contribution is 6.03. The molecule has 0 radical (unpaired) electrons. The highest BCUT2D eigenvalue weighted by Crippen LogP contribution is 2.33. The first-order valence-electron chi connectivity index (χ1n) is 10.6. The van der Waals surface area contributed by atoms with Crippen molar-refractivity contribution in [3.8, 4) is 0 Å². The van der Waals surface area contributed by atoms with Crippen molar-refractivity contribution in [2.45, 2.75) is 51.3 Å². The third-order valence-electron chi connectivity index (χ3n) is 6.60. The number of rotatable bonds is 8. The Morgan fingerprint density at radius 2 is 1.76 bits per heavy atom. The van der Waals surface area contributed by atoms with Crippen LogP contribution in [0.4, 0.5) is 5.69 Å². The second-order valence-electron chi connectivity index (χ2n) is 8.35. The van der Waals surface area contributed by atoms with Crippen molar-refractivity contribution in [2.75, 3.05) is 32.1 Å². The van der Waals surface area contributed by atoms with Crippen molar-refractivity contribution < 1.29 is 9.53 Å². The van der Waals surface area contributed by atoms with Gasteiger partial charge >= 0.3 is 0 Å². The average Bonchev–Trinajstić information content (AvgIpc) is 3.14. The Morgan fingerprint density at radius 3 is 2.31 bits per heavy atom. The lowest BCUT2D eigenvalue weighted by Crippen LogP contribution is -2.52. The van der Waals surface area contributed by atoms with Crippen LogP contribution >= 0.6 is 0 Å². The van der Waals surface area contributed by atoms with Crippen molar-refractivity contribution in [1.29, 1.82) is 0 Å². The van der Waals surface area contributed by atoms with Gasteiger partial charge in [-0.05, 0) is 70.1 Å². The van der Waals surface area contributed by atoms with Crippen LogP contribution in [-0.4, -0.2) is 49.2 Å². The van der Waals surface area contributed by atoms with E-state index in [1.54, 1.807) is 0 Å². The van der Waals surface area contributed by atoms with Crippen LogP contribution in [0.25, 0.3) is 0 Å². The van der Waals surface area contributed by atoms with Gasteiger partial charge in [-0.25, -0.2) is 0 Å². The Hall–Kier alpha value is -2.17. The van der Waals surface area contributed by atoms with Gasteiger partial charge in [0.25, 0.3) is 0 Å². The maximum absolute atomic E-state index is 13.7. The number of ether oxygens (including phenoxy) is 1. The molecule has 4 heteroatoms. The first-order valence-corrected chi connectivity index (χ1v) is 10.6. The normalized spacial score (nSPS) is 21.4. The van der Waals surface area contributed by atoms with Crippen LogP contribution in [-0.2, 0) is 11.2 Å². The molecule has 0 bridgehead atoms. The molecule has 2 atom stereocenters. The van der Waals surface area contributed by atoms with Crippen molar-refractivity contribution >= 4 is 11.5 Å². The van der Waals surface area contributed by atoms with E-state index in [0.717, 1.165) is 37.2 Å². The van der Waals surface area contributed by atoms with Gasteiger partial charge in [0.2, 0.25) is 0 Å². The molecule has 156 valence electrons. The minimum absolute atomic E-state index is 0.177. The van der Waals surface area contributed by atoms with Crippen LogP contribution in [0.15, 0.2) is 54.6 Å². The van der Waals surface area contributed by atoms with Gasteiger partial charge in [0.05, 0.1) is 12.1 Å². The van der Waals surface area contributed by atoms with Crippen LogP contribution in [0.2, 0.25) is 0 Å². The number of ketones is 1. The molecule has 3 rings (SSSR count). The van der Waals surface area contributed by atoms with E-state index in [-0.39, 0.29) is 11.5 Å². The number of likely N-dealkylation sites (N-methyl/N-ethyl adjacent to an activating group) is 1. The highest BCUT2D eigenvalue weighted by atomic mass is 16.5. The number of Topliss-reactive ketones (excluding diaryl/α,β-unsaturated/α-hetero) is 1. The molecule has 0 saturated carbocycles. The second kappa shape index (κ2) is 8.68. The summed E-state index contributed by atoms with van der Waals surface area (Å²) in [5, 5.41) is 0. The molecule has 0 spiro atoms. The van der Waals surface area contributed by atoms with Gasteiger partial charge in [-0.1, -0.05) is 44.2 Å². The molecule has 2 unspecified atom stereocenters. The van der Waals surface area contributed by atoms with Gasteiger partial charge in [0.1, 0.15) is 5.72 Å². The number of nitrogens with zero attached hydrogens (tertiary/aromatic N) is 2. The largest absolute Gasteiger partial charge is 0.354 e. The summed E-state index contributed by atoms with van der Waals surface area (Å²) < 4.78 is 5.96. The van der Waals surface area contributed by atoms with Gasteiger partial charge in [0, 0.05) is 17.8 Å². The average molecular weight is 395 g/mol. The molecule has 0 amide bonds. The Bertz CT molecular complexity index is 818. The van der Waals surface area contributed by atoms with Crippen LogP contribution in [0, 0.1) is 0 Å². The number of hydrogen-bond acceptors (Lipinski definition) is 4. The minimum atomic E-state index is -0.558. The van der Waals surface area contributed by atoms with Crippen molar-refractivity contribution in [1.82, 2.24) is 4.90 Å². The van der Waals surface area contributed by atoms with Gasteiger partial charge in [-0.2, -0.15) is 0 Å². The van der Waals surface area contributed by atoms with Crippen molar-refractivity contribution in [2.24, 2.45) is 0 Å².